The van der Waals surface area contributed by atoms with Gasteiger partial charge in [-0.15, -0.1) is 0 Å². The number of rotatable bonds is 1. The van der Waals surface area contributed by atoms with Crippen LogP contribution in [-0.4, -0.2) is 6.61 Å². The zero-order chi connectivity index (χ0) is 3.41. The first-order valence-electron chi connectivity index (χ1n) is 1.23. The van der Waals surface area contributed by atoms with Crippen LogP contribution in [0.3, 0.4) is 0 Å². The Balaban J connectivity index is 0. The standard InChI is InChI=1S/C2H7NO/c1-2-4-3/h2-3H2,1H3/p+1. The van der Waals surface area contributed by atoms with E-state index in [1.54, 1.807) is 0 Å². The highest BCUT2D eigenvalue weighted by Crippen LogP contribution is 1.46. The maximum absolute atomic E-state index is 4.53. The van der Waals surface area contributed by atoms with E-state index in [9.17, 15) is 0 Å². The zero-order valence-electron chi connectivity index (χ0n) is 3.69. The first-order valence-corrected chi connectivity index (χ1v) is 1.23. The second-order valence-corrected chi connectivity index (χ2v) is 0.455. The fourth-order valence-electron chi connectivity index (χ4n) is 0. The fourth-order valence-corrected chi connectivity index (χ4v) is 0. The van der Waals surface area contributed by atoms with E-state index in [4.69, 9.17) is 0 Å². The van der Waals surface area contributed by atoms with E-state index in [0.29, 0.717) is 6.61 Å². The summed E-state index contributed by atoms with van der Waals surface area (Å²) in [6.07, 6.45) is 0. The molecule has 0 bridgehead atoms. The summed E-state index contributed by atoms with van der Waals surface area (Å²) in [7, 11) is 0. The molecule has 0 aromatic rings. The van der Waals surface area contributed by atoms with Crippen LogP contribution in [0.25, 0.3) is 0 Å². The summed E-state index contributed by atoms with van der Waals surface area (Å²) < 4.78 is 0. The van der Waals surface area contributed by atoms with Crippen LogP contribution in [0.5, 0.6) is 0 Å². The van der Waals surface area contributed by atoms with Crippen molar-refractivity contribution in [3.05, 3.63) is 0 Å². The average molecular weight is 62.1 g/mol. The summed E-state index contributed by atoms with van der Waals surface area (Å²) in [5, 5.41) is 0. The Morgan fingerprint density at radius 2 is 2.50 bits per heavy atom. The molecule has 0 atom stereocenters. The van der Waals surface area contributed by atoms with Gasteiger partial charge >= 0.3 is 1.43 Å². The van der Waals surface area contributed by atoms with E-state index < -0.39 is 0 Å². The van der Waals surface area contributed by atoms with Crippen molar-refractivity contribution >= 4 is 0 Å². The summed E-state index contributed by atoms with van der Waals surface area (Å²) in [5.41, 5.74) is 0. The molecule has 2 N–H and O–H groups in total. The lowest BCUT2D eigenvalue weighted by molar-refractivity contribution is 0.152. The Hall–Kier alpha value is -0.0800. The molecule has 0 aliphatic rings. The molecule has 26 valence electrons. The molecule has 0 aliphatic heterocycles. The van der Waals surface area contributed by atoms with Gasteiger partial charge in [-0.2, -0.15) is 0 Å². The third kappa shape index (κ3) is 1.92. The van der Waals surface area contributed by atoms with Gasteiger partial charge in [-0.3, -0.25) is 0 Å². The molecule has 2 nitrogen and oxygen atoms in total. The quantitative estimate of drug-likeness (QED) is 0.434. The molecule has 0 rings (SSSR count). The van der Waals surface area contributed by atoms with Gasteiger partial charge in [-0.05, 0) is 6.92 Å². The largest absolute Gasteiger partial charge is 1.00 e. The van der Waals surface area contributed by atoms with E-state index in [2.05, 4.69) is 10.7 Å². The minimum absolute atomic E-state index is 0. The highest BCUT2D eigenvalue weighted by molar-refractivity contribution is 3.91. The fraction of sp³-hybridized carbons (Fsp3) is 1.00. The molecule has 2 heteroatoms. The van der Waals surface area contributed by atoms with Gasteiger partial charge in [-0.25, -0.2) is 5.90 Å². The molecule has 4 heavy (non-hydrogen) atoms. The van der Waals surface area contributed by atoms with Crippen molar-refractivity contribution in [3.8, 4) is 0 Å². The smallest absolute Gasteiger partial charge is 0.305 e. The van der Waals surface area contributed by atoms with Gasteiger partial charge < -0.3 is 4.84 Å². The summed E-state index contributed by atoms with van der Waals surface area (Å²) in [6, 6.07) is 0. The third-order valence-corrected chi connectivity index (χ3v) is 0.167. The van der Waals surface area contributed by atoms with E-state index in [-0.39, 0.29) is 1.43 Å². The summed E-state index contributed by atoms with van der Waals surface area (Å²) >= 11 is 0. The van der Waals surface area contributed by atoms with Crippen LogP contribution in [-0.2, 0) is 4.84 Å². The Morgan fingerprint density at radius 3 is 2.50 bits per heavy atom. The van der Waals surface area contributed by atoms with Crippen LogP contribution in [0.15, 0.2) is 0 Å². The predicted molar refractivity (Wildman–Crippen MR) is 16.9 cm³/mol. The van der Waals surface area contributed by atoms with Gasteiger partial charge in [0.1, 0.15) is 0 Å². The summed E-state index contributed by atoms with van der Waals surface area (Å²) in [4.78, 5) is 4.04. The van der Waals surface area contributed by atoms with Gasteiger partial charge in [0.05, 0.1) is 6.61 Å². The highest BCUT2D eigenvalue weighted by Gasteiger charge is 1.52. The van der Waals surface area contributed by atoms with Crippen LogP contribution < -0.4 is 5.90 Å². The first-order chi connectivity index (χ1) is 1.91. The second-order valence-electron chi connectivity index (χ2n) is 0.455. The molecular formula is C2H8NO+. The Labute approximate surface area is 27.0 Å². The molecule has 0 fully saturated rings. The molecule has 0 aliphatic carbocycles. The lowest BCUT2D eigenvalue weighted by Crippen LogP contribution is -1.94. The van der Waals surface area contributed by atoms with Gasteiger partial charge in [0.25, 0.3) is 0 Å². The van der Waals surface area contributed by atoms with Crippen molar-refractivity contribution in [2.75, 3.05) is 6.61 Å². The first kappa shape index (κ1) is 3.92. The molecule has 0 radical (unpaired) electrons. The maximum Gasteiger partial charge on any atom is 1.00 e. The second kappa shape index (κ2) is 2.92. The van der Waals surface area contributed by atoms with Crippen LogP contribution in [0.2, 0.25) is 0 Å². The van der Waals surface area contributed by atoms with Crippen molar-refractivity contribution in [1.29, 1.82) is 0 Å². The topological polar surface area (TPSA) is 35.2 Å². The minimum Gasteiger partial charge on any atom is -0.305 e. The molecule has 0 saturated heterocycles. The van der Waals surface area contributed by atoms with Gasteiger partial charge in [0.2, 0.25) is 0 Å². The van der Waals surface area contributed by atoms with Crippen LogP contribution >= 0.6 is 0 Å². The lowest BCUT2D eigenvalue weighted by Gasteiger charge is -1.76. The molecule has 0 aromatic carbocycles. The Bertz CT molecular complexity index is 11.6. The Morgan fingerprint density at radius 1 is 2.25 bits per heavy atom. The predicted octanol–water partition coefficient (Wildman–Crippen LogP) is 0.00910. The molecule has 0 aromatic heterocycles. The molecule has 0 unspecified atom stereocenters. The number of hydrogen-bond donors (Lipinski definition) is 1. The van der Waals surface area contributed by atoms with Gasteiger partial charge in [0.15, 0.2) is 0 Å². The number of nitrogens with two attached hydrogens (primary N) is 1. The van der Waals surface area contributed by atoms with Crippen molar-refractivity contribution in [1.82, 2.24) is 0 Å². The molecular weight excluding hydrogens is 54.0 g/mol. The minimum atomic E-state index is 0. The van der Waals surface area contributed by atoms with Crippen LogP contribution in [0.4, 0.5) is 0 Å². The van der Waals surface area contributed by atoms with Crippen molar-refractivity contribution in [2.45, 2.75) is 6.92 Å². The SMILES string of the molecule is CCON.[H+]. The average Bonchev–Trinajstić information content (AvgIpc) is 1.37. The van der Waals surface area contributed by atoms with Crippen LogP contribution in [0, 0.1) is 0 Å². The normalized spacial score (nSPS) is 7.50. The van der Waals surface area contributed by atoms with Crippen molar-refractivity contribution < 1.29 is 6.26 Å². The number of hydrogen-bond acceptors (Lipinski definition) is 2. The highest BCUT2D eigenvalue weighted by atomic mass is 16.6. The van der Waals surface area contributed by atoms with Crippen molar-refractivity contribution in [3.63, 3.8) is 0 Å². The van der Waals surface area contributed by atoms with Crippen LogP contribution in [0.1, 0.15) is 8.35 Å². The summed E-state index contributed by atoms with van der Waals surface area (Å²) in [6.45, 7) is 2.43. The van der Waals surface area contributed by atoms with Gasteiger partial charge in [0, 0.05) is 0 Å². The Kier molecular flexibility index (Phi) is 2.86. The molecule has 0 saturated carbocycles. The van der Waals surface area contributed by atoms with Crippen molar-refractivity contribution in [2.24, 2.45) is 5.90 Å². The lowest BCUT2D eigenvalue weighted by atomic mass is 10.9. The zero-order valence-corrected chi connectivity index (χ0v) is 2.69. The van der Waals surface area contributed by atoms with E-state index in [1.807, 2.05) is 6.92 Å². The van der Waals surface area contributed by atoms with E-state index in [1.165, 1.54) is 0 Å². The third-order valence-electron chi connectivity index (χ3n) is 0.167. The summed E-state index contributed by atoms with van der Waals surface area (Å²) in [5.74, 6) is 4.53. The van der Waals surface area contributed by atoms with E-state index in [0.717, 1.165) is 0 Å². The maximum atomic E-state index is 4.53. The molecule has 0 amide bonds. The van der Waals surface area contributed by atoms with Gasteiger partial charge in [-0.1, -0.05) is 0 Å². The molecule has 0 heterocycles. The molecule has 0 spiro atoms. The van der Waals surface area contributed by atoms with E-state index >= 15 is 0 Å². The monoisotopic (exact) mass is 62.1 g/mol.